The fraction of sp³-hybridized carbons (Fsp3) is 0.800. The summed E-state index contributed by atoms with van der Waals surface area (Å²) in [5.41, 5.74) is 0. The molecule has 0 spiro atoms. The Morgan fingerprint density at radius 3 is 1.70 bits per heavy atom. The molecule has 1 atom stereocenters. The highest BCUT2D eigenvalue weighted by atomic mass is 32.1. The summed E-state index contributed by atoms with van der Waals surface area (Å²) in [6, 6.07) is 0. The van der Waals surface area contributed by atoms with E-state index in [1.807, 2.05) is 0 Å². The Labute approximate surface area is 64.9 Å². The number of aliphatic hydroxyl groups is 2. The standard InChI is InChI=1S/C3H6O2S.C2H6O2/c1-2(6)3(4)5;3-1-2-4/h2,6H,1H3,(H,4,5);3-4H,1-2H2. The fourth-order valence-electron chi connectivity index (χ4n) is 0. The summed E-state index contributed by atoms with van der Waals surface area (Å²) in [6.07, 6.45) is 0. The third-order valence-corrected chi connectivity index (χ3v) is 0.678. The van der Waals surface area contributed by atoms with Gasteiger partial charge in [0.2, 0.25) is 0 Å². The van der Waals surface area contributed by atoms with E-state index in [0.29, 0.717) is 0 Å². The number of aliphatic carboxylic acids is 1. The van der Waals surface area contributed by atoms with E-state index < -0.39 is 11.2 Å². The highest BCUT2D eigenvalue weighted by Crippen LogP contribution is 1.88. The normalized spacial score (nSPS) is 11.2. The van der Waals surface area contributed by atoms with Crippen molar-refractivity contribution in [3.05, 3.63) is 0 Å². The molecule has 0 amide bonds. The highest BCUT2D eigenvalue weighted by molar-refractivity contribution is 7.81. The van der Waals surface area contributed by atoms with Gasteiger partial charge in [-0.05, 0) is 6.92 Å². The molecule has 5 heteroatoms. The first-order valence-corrected chi connectivity index (χ1v) is 3.20. The predicted molar refractivity (Wildman–Crippen MR) is 40.3 cm³/mol. The Kier molecular flexibility index (Phi) is 10.9. The van der Waals surface area contributed by atoms with Gasteiger partial charge in [0.1, 0.15) is 0 Å². The molecule has 0 rings (SSSR count). The summed E-state index contributed by atoms with van der Waals surface area (Å²) < 4.78 is 0. The maximum atomic E-state index is 9.62. The first kappa shape index (κ1) is 12.4. The van der Waals surface area contributed by atoms with Crippen LogP contribution in [0.1, 0.15) is 6.92 Å². The Bertz CT molecular complexity index is 81.7. The fourth-order valence-corrected chi connectivity index (χ4v) is 0. The number of hydrogen-bond acceptors (Lipinski definition) is 4. The van der Waals surface area contributed by atoms with Gasteiger partial charge in [-0.2, -0.15) is 12.6 Å². The van der Waals surface area contributed by atoms with Crippen LogP contribution in [0.15, 0.2) is 0 Å². The van der Waals surface area contributed by atoms with Crippen LogP contribution in [0.4, 0.5) is 0 Å². The summed E-state index contributed by atoms with van der Waals surface area (Å²) in [7, 11) is 0. The van der Waals surface area contributed by atoms with Crippen molar-refractivity contribution in [1.29, 1.82) is 0 Å². The van der Waals surface area contributed by atoms with Crippen molar-refractivity contribution < 1.29 is 20.1 Å². The Hall–Kier alpha value is -0.260. The van der Waals surface area contributed by atoms with Crippen molar-refractivity contribution in [2.24, 2.45) is 0 Å². The van der Waals surface area contributed by atoms with Gasteiger partial charge >= 0.3 is 5.97 Å². The van der Waals surface area contributed by atoms with E-state index in [1.165, 1.54) is 6.92 Å². The van der Waals surface area contributed by atoms with Crippen LogP contribution in [-0.2, 0) is 4.79 Å². The molecular weight excluding hydrogens is 156 g/mol. The van der Waals surface area contributed by atoms with Crippen LogP contribution in [0.5, 0.6) is 0 Å². The second-order valence-corrected chi connectivity index (χ2v) is 2.24. The van der Waals surface area contributed by atoms with Gasteiger partial charge in [0.25, 0.3) is 0 Å². The molecule has 0 fully saturated rings. The molecule has 0 aliphatic heterocycles. The molecule has 0 aliphatic carbocycles. The number of carboxylic acid groups (broad SMARTS) is 1. The molecule has 0 heterocycles. The number of hydrogen-bond donors (Lipinski definition) is 4. The quantitative estimate of drug-likeness (QED) is 0.414. The van der Waals surface area contributed by atoms with E-state index >= 15 is 0 Å². The second kappa shape index (κ2) is 8.74. The molecule has 4 nitrogen and oxygen atoms in total. The monoisotopic (exact) mass is 168 g/mol. The largest absolute Gasteiger partial charge is 0.480 e. The van der Waals surface area contributed by atoms with Gasteiger partial charge in [-0.1, -0.05) is 0 Å². The van der Waals surface area contributed by atoms with Crippen molar-refractivity contribution in [3.8, 4) is 0 Å². The van der Waals surface area contributed by atoms with Crippen LogP contribution < -0.4 is 0 Å². The smallest absolute Gasteiger partial charge is 0.316 e. The zero-order valence-electron chi connectivity index (χ0n) is 5.69. The van der Waals surface area contributed by atoms with Crippen molar-refractivity contribution >= 4 is 18.6 Å². The molecule has 62 valence electrons. The molecule has 0 radical (unpaired) electrons. The maximum absolute atomic E-state index is 9.62. The van der Waals surface area contributed by atoms with Crippen LogP contribution in [0, 0.1) is 0 Å². The summed E-state index contributed by atoms with van der Waals surface area (Å²) in [6.45, 7) is 1.26. The minimum atomic E-state index is -0.877. The average Bonchev–Trinajstić information content (AvgIpc) is 1.89. The van der Waals surface area contributed by atoms with Gasteiger partial charge in [-0.25, -0.2) is 0 Å². The Balaban J connectivity index is 0. The van der Waals surface area contributed by atoms with Crippen molar-refractivity contribution in [3.63, 3.8) is 0 Å². The summed E-state index contributed by atoms with van der Waals surface area (Å²) in [5.74, 6) is -0.877. The van der Waals surface area contributed by atoms with Crippen molar-refractivity contribution in [1.82, 2.24) is 0 Å². The van der Waals surface area contributed by atoms with E-state index in [1.54, 1.807) is 0 Å². The van der Waals surface area contributed by atoms with Crippen LogP contribution in [0.3, 0.4) is 0 Å². The molecule has 0 aliphatic rings. The van der Waals surface area contributed by atoms with Gasteiger partial charge in [-0.3, -0.25) is 4.79 Å². The molecule has 3 N–H and O–H groups in total. The lowest BCUT2D eigenvalue weighted by atomic mass is 10.5. The minimum absolute atomic E-state index is 0.125. The Morgan fingerprint density at radius 2 is 1.70 bits per heavy atom. The first-order valence-electron chi connectivity index (χ1n) is 2.68. The molecular formula is C5H12O4S. The number of rotatable bonds is 2. The van der Waals surface area contributed by atoms with Gasteiger partial charge in [0, 0.05) is 0 Å². The molecule has 0 aromatic heterocycles. The lowest BCUT2D eigenvalue weighted by Crippen LogP contribution is -2.06. The Morgan fingerprint density at radius 1 is 1.50 bits per heavy atom. The number of carboxylic acids is 1. The first-order chi connectivity index (χ1) is 4.56. The van der Waals surface area contributed by atoms with Crippen molar-refractivity contribution in [2.75, 3.05) is 13.2 Å². The van der Waals surface area contributed by atoms with Gasteiger partial charge in [-0.15, -0.1) is 0 Å². The summed E-state index contributed by atoms with van der Waals surface area (Å²) >= 11 is 3.59. The van der Waals surface area contributed by atoms with Crippen LogP contribution in [0.25, 0.3) is 0 Å². The topological polar surface area (TPSA) is 77.8 Å². The molecule has 0 aromatic carbocycles. The predicted octanol–water partition coefficient (Wildman–Crippen LogP) is -0.640. The van der Waals surface area contributed by atoms with E-state index in [0.717, 1.165) is 0 Å². The van der Waals surface area contributed by atoms with E-state index in [9.17, 15) is 4.79 Å². The molecule has 0 saturated carbocycles. The van der Waals surface area contributed by atoms with Gasteiger partial charge in [0.05, 0.1) is 18.5 Å². The highest BCUT2D eigenvalue weighted by Gasteiger charge is 2.00. The lowest BCUT2D eigenvalue weighted by molar-refractivity contribution is -0.136. The van der Waals surface area contributed by atoms with E-state index in [2.05, 4.69) is 12.6 Å². The zero-order chi connectivity index (χ0) is 8.57. The van der Waals surface area contributed by atoms with E-state index in [-0.39, 0.29) is 13.2 Å². The summed E-state index contributed by atoms with van der Waals surface area (Å²) in [4.78, 5) is 9.62. The van der Waals surface area contributed by atoms with Crippen LogP contribution >= 0.6 is 12.6 Å². The van der Waals surface area contributed by atoms with Crippen LogP contribution in [-0.4, -0.2) is 39.8 Å². The van der Waals surface area contributed by atoms with E-state index in [4.69, 9.17) is 15.3 Å². The third kappa shape index (κ3) is 15.6. The maximum Gasteiger partial charge on any atom is 0.316 e. The summed E-state index contributed by atoms with van der Waals surface area (Å²) in [5, 5.41) is 22.6. The molecule has 1 unspecified atom stereocenters. The van der Waals surface area contributed by atoms with Crippen LogP contribution in [0.2, 0.25) is 0 Å². The zero-order valence-corrected chi connectivity index (χ0v) is 6.58. The number of carbonyl (C=O) groups is 1. The number of thiol groups is 1. The number of aliphatic hydroxyl groups excluding tert-OH is 2. The SMILES string of the molecule is CC(S)C(=O)O.OCCO. The second-order valence-electron chi connectivity index (χ2n) is 1.46. The van der Waals surface area contributed by atoms with Gasteiger partial charge < -0.3 is 15.3 Å². The molecule has 0 bridgehead atoms. The van der Waals surface area contributed by atoms with Gasteiger partial charge in [0.15, 0.2) is 0 Å². The average molecular weight is 168 g/mol. The lowest BCUT2D eigenvalue weighted by Gasteiger charge is -1.88. The molecule has 0 aromatic rings. The third-order valence-electron chi connectivity index (χ3n) is 0.457. The van der Waals surface area contributed by atoms with Crippen molar-refractivity contribution in [2.45, 2.75) is 12.2 Å². The molecule has 10 heavy (non-hydrogen) atoms. The minimum Gasteiger partial charge on any atom is -0.480 e. The molecule has 0 saturated heterocycles.